The first kappa shape index (κ1) is 16.0. The van der Waals surface area contributed by atoms with E-state index >= 15 is 0 Å². The lowest BCUT2D eigenvalue weighted by Gasteiger charge is -2.33. The highest BCUT2D eigenvalue weighted by Gasteiger charge is 2.34. The summed E-state index contributed by atoms with van der Waals surface area (Å²) in [6.07, 6.45) is 4.44. The maximum atomic E-state index is 12.8. The number of rotatable bonds is 3. The molecule has 7 nitrogen and oxygen atoms in total. The normalized spacial score (nSPS) is 20.6. The molecular weight excluding hydrogens is 294 g/mol. The van der Waals surface area contributed by atoms with Gasteiger partial charge in [-0.25, -0.2) is 13.2 Å². The van der Waals surface area contributed by atoms with Crippen molar-refractivity contribution in [3.8, 4) is 0 Å². The molecule has 0 spiro atoms. The summed E-state index contributed by atoms with van der Waals surface area (Å²) < 4.78 is 29.0. The lowest BCUT2D eigenvalue weighted by molar-refractivity contribution is 0.246. The van der Waals surface area contributed by atoms with Crippen LogP contribution in [-0.4, -0.2) is 34.4 Å². The summed E-state index contributed by atoms with van der Waals surface area (Å²) >= 11 is 0. The van der Waals surface area contributed by atoms with Crippen LogP contribution in [0, 0.1) is 0 Å². The molecule has 2 heterocycles. The molecule has 0 aliphatic carbocycles. The average Bonchev–Trinajstić information content (AvgIpc) is 2.48. The van der Waals surface area contributed by atoms with Crippen molar-refractivity contribution in [1.29, 1.82) is 0 Å². The fourth-order valence-corrected chi connectivity index (χ4v) is 4.69. The van der Waals surface area contributed by atoms with Crippen molar-refractivity contribution in [3.63, 3.8) is 0 Å². The van der Waals surface area contributed by atoms with E-state index in [9.17, 15) is 18.0 Å². The van der Waals surface area contributed by atoms with Gasteiger partial charge < -0.3 is 4.57 Å². The number of aromatic nitrogens is 2. The Labute approximate surface area is 123 Å². The van der Waals surface area contributed by atoms with Crippen LogP contribution in [0.5, 0.6) is 0 Å². The maximum Gasteiger partial charge on any atom is 0.330 e. The molecule has 0 amide bonds. The molecule has 1 unspecified atom stereocenters. The van der Waals surface area contributed by atoms with E-state index in [1.165, 1.54) is 18.4 Å². The van der Waals surface area contributed by atoms with Crippen LogP contribution in [0.2, 0.25) is 0 Å². The Morgan fingerprint density at radius 1 is 1.24 bits per heavy atom. The van der Waals surface area contributed by atoms with Crippen LogP contribution < -0.4 is 11.2 Å². The Morgan fingerprint density at radius 3 is 2.52 bits per heavy atom. The van der Waals surface area contributed by atoms with Crippen molar-refractivity contribution in [3.05, 3.63) is 27.0 Å². The monoisotopic (exact) mass is 315 g/mol. The van der Waals surface area contributed by atoms with Crippen LogP contribution in [0.15, 0.2) is 20.7 Å². The van der Waals surface area contributed by atoms with Crippen LogP contribution in [0.1, 0.15) is 32.6 Å². The Bertz CT molecular complexity index is 748. The number of piperidine rings is 1. The Balaban J connectivity index is 2.59. The van der Waals surface area contributed by atoms with Crippen LogP contribution >= 0.6 is 0 Å². The molecule has 1 saturated heterocycles. The second-order valence-corrected chi connectivity index (χ2v) is 7.28. The van der Waals surface area contributed by atoms with Gasteiger partial charge in [0.1, 0.15) is 0 Å². The van der Waals surface area contributed by atoms with Crippen molar-refractivity contribution < 1.29 is 8.42 Å². The molecule has 1 aliphatic heterocycles. The van der Waals surface area contributed by atoms with Gasteiger partial charge in [0, 0.05) is 32.9 Å². The molecule has 2 rings (SSSR count). The molecule has 8 heteroatoms. The minimum Gasteiger partial charge on any atom is -0.302 e. The van der Waals surface area contributed by atoms with E-state index in [2.05, 4.69) is 0 Å². The summed E-state index contributed by atoms with van der Waals surface area (Å²) in [5.41, 5.74) is -1.30. The van der Waals surface area contributed by atoms with Crippen molar-refractivity contribution in [2.75, 3.05) is 6.54 Å². The van der Waals surface area contributed by atoms with E-state index in [4.69, 9.17) is 0 Å². The van der Waals surface area contributed by atoms with Gasteiger partial charge in [0.2, 0.25) is 10.0 Å². The number of hydrogen-bond acceptors (Lipinski definition) is 4. The molecule has 0 saturated carbocycles. The first-order valence-electron chi connectivity index (χ1n) is 7.09. The van der Waals surface area contributed by atoms with Gasteiger partial charge in [-0.2, -0.15) is 4.31 Å². The summed E-state index contributed by atoms with van der Waals surface area (Å²) in [7, 11) is -1.15. The summed E-state index contributed by atoms with van der Waals surface area (Å²) in [6, 6.07) is -0.0781. The number of nitrogens with zero attached hydrogens (tertiary/aromatic N) is 3. The van der Waals surface area contributed by atoms with E-state index in [0.717, 1.165) is 34.6 Å². The average molecular weight is 315 g/mol. The zero-order chi connectivity index (χ0) is 15.8. The highest BCUT2D eigenvalue weighted by Crippen LogP contribution is 2.25. The van der Waals surface area contributed by atoms with Crippen LogP contribution in [-0.2, 0) is 24.1 Å². The fraction of sp³-hybridized carbons (Fsp3) is 0.692. The molecule has 21 heavy (non-hydrogen) atoms. The smallest absolute Gasteiger partial charge is 0.302 e. The van der Waals surface area contributed by atoms with Crippen LogP contribution in [0.4, 0.5) is 0 Å². The number of sulfonamides is 1. The van der Waals surface area contributed by atoms with Gasteiger partial charge in [-0.3, -0.25) is 9.36 Å². The minimum atomic E-state index is -3.88. The third kappa shape index (κ3) is 2.69. The molecule has 0 N–H and O–H groups in total. The van der Waals surface area contributed by atoms with E-state index in [1.807, 2.05) is 6.92 Å². The first-order valence-corrected chi connectivity index (χ1v) is 8.53. The molecule has 118 valence electrons. The van der Waals surface area contributed by atoms with E-state index in [1.54, 1.807) is 0 Å². The predicted molar refractivity (Wildman–Crippen MR) is 78.7 cm³/mol. The standard InChI is InChI=1S/C13H21N3O4S/c1-4-10-7-5-6-8-16(10)21(19,20)11-9-14(2)13(18)15(3)12(11)17/h9-10H,4-8H2,1-3H3. The second kappa shape index (κ2) is 5.76. The number of hydrogen-bond donors (Lipinski definition) is 0. The van der Waals surface area contributed by atoms with Gasteiger partial charge in [-0.1, -0.05) is 13.3 Å². The second-order valence-electron chi connectivity index (χ2n) is 5.42. The largest absolute Gasteiger partial charge is 0.330 e. The maximum absolute atomic E-state index is 12.8. The predicted octanol–water partition coefficient (Wildman–Crippen LogP) is 0.0372. The molecular formula is C13H21N3O4S. The zero-order valence-electron chi connectivity index (χ0n) is 12.6. The summed E-state index contributed by atoms with van der Waals surface area (Å²) in [5.74, 6) is 0. The van der Waals surface area contributed by atoms with Gasteiger partial charge in [0.25, 0.3) is 5.56 Å². The number of aryl methyl sites for hydroxylation is 1. The Kier molecular flexibility index (Phi) is 4.38. The third-order valence-corrected chi connectivity index (χ3v) is 5.98. The Hall–Kier alpha value is -1.41. The van der Waals surface area contributed by atoms with E-state index in [0.29, 0.717) is 13.0 Å². The molecule has 0 bridgehead atoms. The quantitative estimate of drug-likeness (QED) is 0.788. The highest BCUT2D eigenvalue weighted by molar-refractivity contribution is 7.89. The lowest BCUT2D eigenvalue weighted by Crippen LogP contribution is -2.47. The molecule has 1 aromatic rings. The van der Waals surface area contributed by atoms with Crippen molar-refractivity contribution in [1.82, 2.24) is 13.4 Å². The minimum absolute atomic E-state index is 0.0781. The van der Waals surface area contributed by atoms with Gasteiger partial charge in [-0.05, 0) is 19.3 Å². The summed E-state index contributed by atoms with van der Waals surface area (Å²) in [4.78, 5) is 23.5. The van der Waals surface area contributed by atoms with Crippen molar-refractivity contribution in [2.24, 2.45) is 14.1 Å². The van der Waals surface area contributed by atoms with Gasteiger partial charge in [0.05, 0.1) is 0 Å². The van der Waals surface area contributed by atoms with Crippen molar-refractivity contribution in [2.45, 2.75) is 43.5 Å². The summed E-state index contributed by atoms with van der Waals surface area (Å²) in [5, 5.41) is 0. The Morgan fingerprint density at radius 2 is 1.90 bits per heavy atom. The lowest BCUT2D eigenvalue weighted by atomic mass is 10.0. The van der Waals surface area contributed by atoms with Gasteiger partial charge >= 0.3 is 5.69 Å². The van der Waals surface area contributed by atoms with Gasteiger partial charge in [0.15, 0.2) is 4.90 Å². The van der Waals surface area contributed by atoms with Crippen LogP contribution in [0.3, 0.4) is 0 Å². The molecule has 1 atom stereocenters. The van der Waals surface area contributed by atoms with Gasteiger partial charge in [-0.15, -0.1) is 0 Å². The summed E-state index contributed by atoms with van der Waals surface area (Å²) in [6.45, 7) is 2.37. The molecule has 1 aliphatic rings. The van der Waals surface area contributed by atoms with E-state index < -0.39 is 21.3 Å². The van der Waals surface area contributed by atoms with Crippen LogP contribution in [0.25, 0.3) is 0 Å². The fourth-order valence-electron chi connectivity index (χ4n) is 2.78. The van der Waals surface area contributed by atoms with E-state index in [-0.39, 0.29) is 10.9 Å². The highest BCUT2D eigenvalue weighted by atomic mass is 32.2. The topological polar surface area (TPSA) is 81.4 Å². The van der Waals surface area contributed by atoms with Crippen molar-refractivity contribution >= 4 is 10.0 Å². The molecule has 0 aromatic carbocycles. The molecule has 0 radical (unpaired) electrons. The SMILES string of the molecule is CCC1CCCCN1S(=O)(=O)c1cn(C)c(=O)n(C)c1=O. The third-order valence-electron chi connectivity index (χ3n) is 4.05. The molecule has 1 fully saturated rings. The molecule has 1 aromatic heterocycles. The zero-order valence-corrected chi connectivity index (χ0v) is 13.4. The first-order chi connectivity index (χ1) is 9.80.